The molecule has 128 valence electrons. The first-order chi connectivity index (χ1) is 11.2. The Morgan fingerprint density at radius 2 is 1.75 bits per heavy atom. The van der Waals surface area contributed by atoms with Gasteiger partial charge in [0, 0.05) is 0 Å². The molecular weight excluding hydrogens is 331 g/mol. The van der Waals surface area contributed by atoms with Crippen molar-refractivity contribution in [2.45, 2.75) is 20.3 Å². The highest BCUT2D eigenvalue weighted by atomic mass is 31.2. The summed E-state index contributed by atoms with van der Waals surface area (Å²) < 4.78 is 21.0. The summed E-state index contributed by atoms with van der Waals surface area (Å²) in [5.41, 5.74) is 1.20. The quantitative estimate of drug-likeness (QED) is 0.470. The second-order valence-corrected chi connectivity index (χ2v) is 6.88. The van der Waals surface area contributed by atoms with Gasteiger partial charge in [0.1, 0.15) is 0 Å². The smallest absolute Gasteiger partial charge is 0.419 e. The van der Waals surface area contributed by atoms with E-state index >= 15 is 0 Å². The van der Waals surface area contributed by atoms with Crippen molar-refractivity contribution in [3.63, 3.8) is 0 Å². The van der Waals surface area contributed by atoms with Gasteiger partial charge in [-0.25, -0.2) is 9.36 Å². The number of hydrogen-bond donors (Lipinski definition) is 2. The number of benzene rings is 2. The van der Waals surface area contributed by atoms with Crippen molar-refractivity contribution in [3.8, 4) is 11.5 Å². The van der Waals surface area contributed by atoms with Crippen LogP contribution in [-0.4, -0.2) is 15.8 Å². The van der Waals surface area contributed by atoms with Gasteiger partial charge in [-0.2, -0.15) is 0 Å². The van der Waals surface area contributed by atoms with Gasteiger partial charge in [0.15, 0.2) is 11.5 Å². The molecule has 24 heavy (non-hydrogen) atoms. The molecule has 0 amide bonds. The molecule has 0 atom stereocenters. The van der Waals surface area contributed by atoms with Crippen LogP contribution in [0.3, 0.4) is 0 Å². The summed E-state index contributed by atoms with van der Waals surface area (Å²) >= 11 is 0. The number of phosphoric acid groups is 1. The van der Waals surface area contributed by atoms with E-state index in [1.165, 1.54) is 6.07 Å². The fraction of sp³-hybridized carbons (Fsp3) is 0.235. The van der Waals surface area contributed by atoms with Gasteiger partial charge in [-0.05, 0) is 42.2 Å². The van der Waals surface area contributed by atoms with E-state index in [0.29, 0.717) is 11.5 Å². The predicted octanol–water partition coefficient (Wildman–Crippen LogP) is 3.58. The van der Waals surface area contributed by atoms with Gasteiger partial charge in [-0.1, -0.05) is 38.1 Å². The molecule has 2 aromatic carbocycles. The molecule has 0 saturated heterocycles. The fourth-order valence-corrected chi connectivity index (χ4v) is 2.57. The van der Waals surface area contributed by atoms with Crippen LogP contribution in [0.1, 0.15) is 29.8 Å². The van der Waals surface area contributed by atoms with Gasteiger partial charge in [-0.3, -0.25) is 9.79 Å². The first kappa shape index (κ1) is 18.2. The van der Waals surface area contributed by atoms with E-state index < -0.39 is 13.8 Å². The lowest BCUT2D eigenvalue weighted by molar-refractivity contribution is 0.0730. The molecule has 2 N–H and O–H groups in total. The summed E-state index contributed by atoms with van der Waals surface area (Å²) in [4.78, 5) is 30.2. The SMILES string of the molecule is CC(C)Cc1ccc(OP(=O)(O)O)c(OC(=O)c2ccccc2)c1. The van der Waals surface area contributed by atoms with Gasteiger partial charge in [0.05, 0.1) is 5.56 Å². The summed E-state index contributed by atoms with van der Waals surface area (Å²) in [5.74, 6) is -0.463. The van der Waals surface area contributed by atoms with Crippen LogP contribution >= 0.6 is 7.82 Å². The molecule has 0 aromatic heterocycles. The number of hydrogen-bond acceptors (Lipinski definition) is 4. The molecule has 0 spiro atoms. The maximum absolute atomic E-state index is 12.2. The Kier molecular flexibility index (Phi) is 5.78. The van der Waals surface area contributed by atoms with E-state index in [4.69, 9.17) is 14.5 Å². The highest BCUT2D eigenvalue weighted by Gasteiger charge is 2.21. The molecule has 0 radical (unpaired) electrons. The second-order valence-electron chi connectivity index (χ2n) is 5.72. The number of phosphoric ester groups is 1. The average Bonchev–Trinajstić information content (AvgIpc) is 2.49. The van der Waals surface area contributed by atoms with Crippen molar-refractivity contribution in [2.75, 3.05) is 0 Å². The van der Waals surface area contributed by atoms with Gasteiger partial charge in [0.2, 0.25) is 0 Å². The normalized spacial score (nSPS) is 11.4. The van der Waals surface area contributed by atoms with Crippen LogP contribution in [0.25, 0.3) is 0 Å². The second kappa shape index (κ2) is 7.62. The summed E-state index contributed by atoms with van der Waals surface area (Å²) in [5, 5.41) is 0. The van der Waals surface area contributed by atoms with Crippen molar-refractivity contribution >= 4 is 13.8 Å². The van der Waals surface area contributed by atoms with Crippen LogP contribution in [0.4, 0.5) is 0 Å². The minimum Gasteiger partial charge on any atom is -0.419 e. The van der Waals surface area contributed by atoms with Crippen LogP contribution < -0.4 is 9.26 Å². The van der Waals surface area contributed by atoms with Crippen molar-refractivity contribution in [2.24, 2.45) is 5.92 Å². The van der Waals surface area contributed by atoms with Crippen molar-refractivity contribution in [1.82, 2.24) is 0 Å². The topological polar surface area (TPSA) is 93.1 Å². The van der Waals surface area contributed by atoms with E-state index in [1.807, 2.05) is 13.8 Å². The molecular formula is C17H19O6P. The molecule has 0 unspecified atom stereocenters. The first-order valence-electron chi connectivity index (χ1n) is 7.40. The maximum atomic E-state index is 12.2. The lowest BCUT2D eigenvalue weighted by atomic mass is 10.0. The van der Waals surface area contributed by atoms with Crippen LogP contribution in [0, 0.1) is 5.92 Å². The van der Waals surface area contributed by atoms with Crippen molar-refractivity contribution < 1.29 is 28.4 Å². The number of carbonyl (C=O) groups excluding carboxylic acids is 1. The molecule has 0 bridgehead atoms. The van der Waals surface area contributed by atoms with E-state index in [0.717, 1.165) is 12.0 Å². The van der Waals surface area contributed by atoms with Gasteiger partial charge < -0.3 is 9.26 Å². The average molecular weight is 350 g/mol. The molecule has 0 fully saturated rings. The van der Waals surface area contributed by atoms with E-state index in [9.17, 15) is 9.36 Å². The third-order valence-electron chi connectivity index (χ3n) is 3.08. The van der Waals surface area contributed by atoms with Crippen LogP contribution in [-0.2, 0) is 11.0 Å². The summed E-state index contributed by atoms with van der Waals surface area (Å²) in [6, 6.07) is 13.0. The molecule has 0 aliphatic carbocycles. The van der Waals surface area contributed by atoms with Crippen LogP contribution in [0.15, 0.2) is 48.5 Å². The third-order valence-corrected chi connectivity index (χ3v) is 3.52. The van der Waals surface area contributed by atoms with Crippen LogP contribution in [0.5, 0.6) is 11.5 Å². The molecule has 7 heteroatoms. The molecule has 0 aliphatic rings. The van der Waals surface area contributed by atoms with E-state index in [2.05, 4.69) is 4.52 Å². The molecule has 2 rings (SSSR count). The number of esters is 1. The lowest BCUT2D eigenvalue weighted by Gasteiger charge is -2.14. The maximum Gasteiger partial charge on any atom is 0.524 e. The van der Waals surface area contributed by atoms with Gasteiger partial charge >= 0.3 is 13.8 Å². The minimum absolute atomic E-state index is 0.0228. The van der Waals surface area contributed by atoms with Gasteiger partial charge in [-0.15, -0.1) is 0 Å². The zero-order valence-electron chi connectivity index (χ0n) is 13.4. The molecule has 0 saturated carbocycles. The Hall–Kier alpha value is -2.14. The zero-order chi connectivity index (χ0) is 17.7. The largest absolute Gasteiger partial charge is 0.524 e. The number of ether oxygens (including phenoxy) is 1. The monoisotopic (exact) mass is 350 g/mol. The number of carbonyl (C=O) groups is 1. The highest BCUT2D eigenvalue weighted by Crippen LogP contribution is 2.42. The Labute approximate surface area is 140 Å². The molecule has 0 heterocycles. The molecule has 2 aromatic rings. The fourth-order valence-electron chi connectivity index (χ4n) is 2.17. The minimum atomic E-state index is -4.76. The lowest BCUT2D eigenvalue weighted by Crippen LogP contribution is -2.09. The summed E-state index contributed by atoms with van der Waals surface area (Å²) in [6.45, 7) is 4.07. The van der Waals surface area contributed by atoms with Crippen LogP contribution in [0.2, 0.25) is 0 Å². The molecule has 6 nitrogen and oxygen atoms in total. The third kappa shape index (κ3) is 5.49. The van der Waals surface area contributed by atoms with Crippen molar-refractivity contribution in [1.29, 1.82) is 0 Å². The predicted molar refractivity (Wildman–Crippen MR) is 89.1 cm³/mol. The van der Waals surface area contributed by atoms with E-state index in [-0.39, 0.29) is 11.5 Å². The summed E-state index contributed by atoms with van der Waals surface area (Å²) in [7, 11) is -4.76. The molecule has 0 aliphatic heterocycles. The Morgan fingerprint density at radius 3 is 2.33 bits per heavy atom. The van der Waals surface area contributed by atoms with Crippen molar-refractivity contribution in [3.05, 3.63) is 59.7 Å². The van der Waals surface area contributed by atoms with Gasteiger partial charge in [0.25, 0.3) is 0 Å². The zero-order valence-corrected chi connectivity index (χ0v) is 14.3. The Balaban J connectivity index is 2.32. The highest BCUT2D eigenvalue weighted by molar-refractivity contribution is 7.46. The first-order valence-corrected chi connectivity index (χ1v) is 8.93. The Bertz CT molecular complexity index is 751. The standard InChI is InChI=1S/C17H19O6P/c1-12(2)10-13-8-9-15(23-24(19,20)21)16(11-13)22-17(18)14-6-4-3-5-7-14/h3-9,11-12H,10H2,1-2H3,(H2,19,20,21). The number of rotatable bonds is 6. The Morgan fingerprint density at radius 1 is 1.08 bits per heavy atom. The summed E-state index contributed by atoms with van der Waals surface area (Å²) in [6.07, 6.45) is 0.728. The van der Waals surface area contributed by atoms with E-state index in [1.54, 1.807) is 42.5 Å².